The van der Waals surface area contributed by atoms with Crippen LogP contribution in [0, 0.1) is 5.82 Å². The summed E-state index contributed by atoms with van der Waals surface area (Å²) in [5, 5.41) is 0. The number of nitrogens with zero attached hydrogens (tertiary/aromatic N) is 2. The molecule has 0 aliphatic rings. The Kier molecular flexibility index (Phi) is 4.60. The molecule has 0 atom stereocenters. The Labute approximate surface area is 126 Å². The van der Waals surface area contributed by atoms with E-state index in [2.05, 4.69) is 34.4 Å². The molecule has 0 saturated carbocycles. The lowest BCUT2D eigenvalue weighted by molar-refractivity contribution is 0.627. The number of allylic oxidation sites excluding steroid dienone is 1. The van der Waals surface area contributed by atoms with Crippen molar-refractivity contribution in [3.8, 4) is 11.3 Å². The third-order valence-electron chi connectivity index (χ3n) is 3.06. The van der Waals surface area contributed by atoms with Gasteiger partial charge in [0.05, 0.1) is 0 Å². The van der Waals surface area contributed by atoms with E-state index in [9.17, 15) is 4.39 Å². The van der Waals surface area contributed by atoms with Crippen molar-refractivity contribution in [1.29, 1.82) is 0 Å². The first-order chi connectivity index (χ1) is 9.58. The maximum absolute atomic E-state index is 13.2. The summed E-state index contributed by atoms with van der Waals surface area (Å²) < 4.78 is 15.8. The van der Waals surface area contributed by atoms with Crippen molar-refractivity contribution in [3.63, 3.8) is 0 Å². The van der Waals surface area contributed by atoms with E-state index in [1.54, 1.807) is 12.1 Å². The molecule has 0 fully saturated rings. The van der Waals surface area contributed by atoms with Crippen LogP contribution in [0.25, 0.3) is 11.3 Å². The number of anilines is 1. The molecule has 2 N–H and O–H groups in total. The van der Waals surface area contributed by atoms with Gasteiger partial charge in [0, 0.05) is 23.0 Å². The predicted octanol–water partition coefficient (Wildman–Crippen LogP) is 4.17. The van der Waals surface area contributed by atoms with Gasteiger partial charge in [0.2, 0.25) is 0 Å². The lowest BCUT2D eigenvalue weighted by atomic mass is 10.1. The lowest BCUT2D eigenvalue weighted by Crippen LogP contribution is -2.05. The Morgan fingerprint density at radius 2 is 2.25 bits per heavy atom. The first-order valence-corrected chi connectivity index (χ1v) is 7.29. The third kappa shape index (κ3) is 2.77. The highest BCUT2D eigenvalue weighted by atomic mass is 79.9. The molecule has 0 saturated heterocycles. The molecule has 2 rings (SSSR count). The van der Waals surface area contributed by atoms with Gasteiger partial charge in [0.25, 0.3) is 0 Å². The number of rotatable bonds is 5. The van der Waals surface area contributed by atoms with Crippen LogP contribution in [0.15, 0.2) is 35.3 Å². The van der Waals surface area contributed by atoms with Crippen LogP contribution in [0.5, 0.6) is 0 Å². The fourth-order valence-corrected chi connectivity index (χ4v) is 2.68. The monoisotopic (exact) mass is 337 g/mol. The molecule has 0 unspecified atom stereocenters. The predicted molar refractivity (Wildman–Crippen MR) is 83.9 cm³/mol. The van der Waals surface area contributed by atoms with Crippen molar-refractivity contribution < 1.29 is 4.39 Å². The molecule has 0 aliphatic heterocycles. The number of benzene rings is 1. The molecule has 3 nitrogen and oxygen atoms in total. The van der Waals surface area contributed by atoms with E-state index in [4.69, 9.17) is 5.73 Å². The van der Waals surface area contributed by atoms with Crippen molar-refractivity contribution in [2.24, 2.45) is 0 Å². The smallest absolute Gasteiger partial charge is 0.132 e. The highest BCUT2D eigenvalue weighted by molar-refractivity contribution is 9.10. The molecule has 0 bridgehead atoms. The number of imidazole rings is 1. The van der Waals surface area contributed by atoms with Gasteiger partial charge in [-0.15, -0.1) is 6.58 Å². The molecule has 2 aromatic rings. The highest BCUT2D eigenvalue weighted by Crippen LogP contribution is 2.33. The van der Waals surface area contributed by atoms with E-state index in [0.29, 0.717) is 22.5 Å². The molecular formula is C15H17BrFN3. The summed E-state index contributed by atoms with van der Waals surface area (Å²) >= 11 is 3.36. The average molecular weight is 338 g/mol. The van der Waals surface area contributed by atoms with E-state index in [-0.39, 0.29) is 5.82 Å². The molecule has 0 aliphatic carbocycles. The van der Waals surface area contributed by atoms with E-state index >= 15 is 0 Å². The van der Waals surface area contributed by atoms with Gasteiger partial charge in [-0.1, -0.05) is 13.0 Å². The van der Waals surface area contributed by atoms with Crippen LogP contribution in [0.4, 0.5) is 10.2 Å². The second-order valence-electron chi connectivity index (χ2n) is 4.54. The number of nitrogens with two attached hydrogens (primary N) is 1. The van der Waals surface area contributed by atoms with Crippen LogP contribution in [0.2, 0.25) is 0 Å². The summed E-state index contributed by atoms with van der Waals surface area (Å²) in [7, 11) is 0. The minimum absolute atomic E-state index is 0.293. The fraction of sp³-hybridized carbons (Fsp3) is 0.267. The van der Waals surface area contributed by atoms with Crippen LogP contribution in [0.1, 0.15) is 19.2 Å². The van der Waals surface area contributed by atoms with Crippen molar-refractivity contribution >= 4 is 21.7 Å². The summed E-state index contributed by atoms with van der Waals surface area (Å²) in [5.41, 5.74) is 7.68. The minimum Gasteiger partial charge on any atom is -0.383 e. The van der Waals surface area contributed by atoms with Crippen LogP contribution in [-0.2, 0) is 13.0 Å². The topological polar surface area (TPSA) is 43.8 Å². The number of hydrogen-bond acceptors (Lipinski definition) is 2. The Morgan fingerprint density at radius 3 is 2.85 bits per heavy atom. The molecule has 1 aromatic heterocycles. The number of hydrogen-bond donors (Lipinski definition) is 1. The van der Waals surface area contributed by atoms with E-state index in [1.807, 2.05) is 4.57 Å². The van der Waals surface area contributed by atoms with E-state index < -0.39 is 0 Å². The maximum Gasteiger partial charge on any atom is 0.132 e. The summed E-state index contributed by atoms with van der Waals surface area (Å²) in [6.45, 7) is 6.46. The van der Waals surface area contributed by atoms with Crippen molar-refractivity contribution in [1.82, 2.24) is 9.55 Å². The Balaban J connectivity index is 2.56. The zero-order valence-corrected chi connectivity index (χ0v) is 13.0. The van der Waals surface area contributed by atoms with Gasteiger partial charge in [-0.05, 0) is 40.5 Å². The molecule has 0 spiro atoms. The third-order valence-corrected chi connectivity index (χ3v) is 3.71. The minimum atomic E-state index is -0.293. The largest absolute Gasteiger partial charge is 0.383 e. The molecule has 0 radical (unpaired) electrons. The average Bonchev–Trinajstić information content (AvgIpc) is 2.69. The number of halogens is 2. The van der Waals surface area contributed by atoms with Crippen LogP contribution in [0.3, 0.4) is 0 Å². The van der Waals surface area contributed by atoms with Crippen molar-refractivity contribution in [2.45, 2.75) is 26.3 Å². The summed E-state index contributed by atoms with van der Waals surface area (Å²) in [6.07, 6.45) is 3.62. The van der Waals surface area contributed by atoms with Crippen LogP contribution in [-0.4, -0.2) is 9.55 Å². The number of nitrogen functional groups attached to an aromatic ring is 1. The summed E-state index contributed by atoms with van der Waals surface area (Å²) in [5.74, 6) is 1.22. The highest BCUT2D eigenvalue weighted by Gasteiger charge is 2.17. The first kappa shape index (κ1) is 14.8. The molecule has 0 amide bonds. The van der Waals surface area contributed by atoms with Crippen molar-refractivity contribution in [3.05, 3.63) is 47.0 Å². The second kappa shape index (κ2) is 6.22. The SMILES string of the molecule is C=CCn1c(CCC)nc(-c2ccc(F)cc2Br)c1N. The zero-order valence-electron chi connectivity index (χ0n) is 11.4. The van der Waals surface area contributed by atoms with Gasteiger partial charge in [0.15, 0.2) is 0 Å². The van der Waals surface area contributed by atoms with Crippen LogP contribution >= 0.6 is 15.9 Å². The molecule has 5 heteroatoms. The molecule has 20 heavy (non-hydrogen) atoms. The van der Waals surface area contributed by atoms with Gasteiger partial charge < -0.3 is 10.3 Å². The van der Waals surface area contributed by atoms with Gasteiger partial charge in [-0.25, -0.2) is 9.37 Å². The molecule has 106 valence electrons. The standard InChI is InChI=1S/C15H17BrFN3/c1-3-5-13-19-14(15(18)20(13)8-4-2)11-7-6-10(17)9-12(11)16/h4,6-7,9H,2-3,5,8,18H2,1H3. The quantitative estimate of drug-likeness (QED) is 0.832. The van der Waals surface area contributed by atoms with Gasteiger partial charge in [-0.2, -0.15) is 0 Å². The zero-order chi connectivity index (χ0) is 14.7. The Morgan fingerprint density at radius 1 is 1.50 bits per heavy atom. The maximum atomic E-state index is 13.2. The first-order valence-electron chi connectivity index (χ1n) is 6.49. The van der Waals surface area contributed by atoms with Gasteiger partial charge in [-0.3, -0.25) is 0 Å². The Bertz CT molecular complexity index is 634. The van der Waals surface area contributed by atoms with Gasteiger partial charge in [0.1, 0.15) is 23.2 Å². The summed E-state index contributed by atoms with van der Waals surface area (Å²) in [6, 6.07) is 4.51. The molecular weight excluding hydrogens is 321 g/mol. The normalized spacial score (nSPS) is 10.8. The fourth-order valence-electron chi connectivity index (χ4n) is 2.14. The van der Waals surface area contributed by atoms with Crippen molar-refractivity contribution in [2.75, 3.05) is 5.73 Å². The van der Waals surface area contributed by atoms with Crippen LogP contribution < -0.4 is 5.73 Å². The Hall–Kier alpha value is -1.62. The molecule has 1 aromatic carbocycles. The van der Waals surface area contributed by atoms with E-state index in [1.165, 1.54) is 12.1 Å². The van der Waals surface area contributed by atoms with E-state index in [0.717, 1.165) is 24.2 Å². The summed E-state index contributed by atoms with van der Waals surface area (Å²) in [4.78, 5) is 4.62. The second-order valence-corrected chi connectivity index (χ2v) is 5.39. The molecule has 1 heterocycles. The van der Waals surface area contributed by atoms with Gasteiger partial charge >= 0.3 is 0 Å². The number of aryl methyl sites for hydroxylation is 1. The number of aromatic nitrogens is 2. The lowest BCUT2D eigenvalue weighted by Gasteiger charge is -2.06.